The fourth-order valence-electron chi connectivity index (χ4n) is 13.7. The minimum Gasteiger partial charge on any atom is -0.390 e. The fourth-order valence-corrected chi connectivity index (χ4v) is 13.7. The molecule has 2 spiro atoms. The van der Waals surface area contributed by atoms with Gasteiger partial charge in [-0.3, -0.25) is 4.79 Å². The van der Waals surface area contributed by atoms with Gasteiger partial charge in [0.25, 0.3) is 0 Å². The summed E-state index contributed by atoms with van der Waals surface area (Å²) < 4.78 is 19.6. The van der Waals surface area contributed by atoms with Crippen molar-refractivity contribution in [3.8, 4) is 0 Å². The third-order valence-electron chi connectivity index (χ3n) is 16.0. The lowest BCUT2D eigenvalue weighted by molar-refractivity contribution is -0.248. The zero-order chi connectivity index (χ0) is 30.9. The van der Waals surface area contributed by atoms with E-state index in [0.29, 0.717) is 73.0 Å². The number of ether oxygens (including phenoxy) is 3. The third-order valence-corrected chi connectivity index (χ3v) is 16.0. The molecule has 8 aliphatic rings. The van der Waals surface area contributed by atoms with Crippen LogP contribution in [0.25, 0.3) is 0 Å². The van der Waals surface area contributed by atoms with Crippen molar-refractivity contribution in [1.29, 1.82) is 0 Å². The Bertz CT molecular complexity index is 1190. The number of aliphatic hydroxyl groups is 1. The van der Waals surface area contributed by atoms with Gasteiger partial charge in [-0.15, -0.1) is 0 Å². The fraction of sp³-hybridized carbons (Fsp3) is 0.946. The maximum absolute atomic E-state index is 12.9. The van der Waals surface area contributed by atoms with Gasteiger partial charge in [-0.2, -0.15) is 0 Å². The number of aliphatic hydroxyl groups excluding tert-OH is 1. The van der Waals surface area contributed by atoms with Crippen LogP contribution in [-0.4, -0.2) is 72.6 Å². The summed E-state index contributed by atoms with van der Waals surface area (Å²) in [5.41, 5.74) is 0.540. The van der Waals surface area contributed by atoms with Crippen molar-refractivity contribution in [1.82, 2.24) is 4.90 Å². The van der Waals surface area contributed by atoms with E-state index in [0.717, 1.165) is 19.1 Å². The van der Waals surface area contributed by atoms with Gasteiger partial charge in [-0.25, -0.2) is 0 Å². The maximum Gasteiger partial charge on any atom is 0.223 e. The number of hydrogen-bond acceptors (Lipinski definition) is 6. The summed E-state index contributed by atoms with van der Waals surface area (Å²) in [6.45, 7) is 14.0. The molecule has 0 bridgehead atoms. The largest absolute Gasteiger partial charge is 0.390 e. The summed E-state index contributed by atoms with van der Waals surface area (Å²) in [5, 5.41) is 12.3. The molecule has 6 aliphatic carbocycles. The van der Waals surface area contributed by atoms with E-state index in [2.05, 4.69) is 34.6 Å². The minimum absolute atomic E-state index is 0.0278. The molecule has 0 radical (unpaired) electrons. The molecule has 2 aliphatic heterocycles. The Morgan fingerprint density at radius 3 is 2.52 bits per heavy atom. The van der Waals surface area contributed by atoms with Crippen LogP contribution in [0.15, 0.2) is 0 Å². The number of hydrogen-bond donors (Lipinski definition) is 1. The molecule has 6 saturated carbocycles. The van der Waals surface area contributed by atoms with E-state index in [1.54, 1.807) is 0 Å². The molecule has 2 heterocycles. The van der Waals surface area contributed by atoms with Crippen LogP contribution in [0.5, 0.6) is 0 Å². The molecule has 8 rings (SSSR count). The van der Waals surface area contributed by atoms with E-state index in [-0.39, 0.29) is 46.8 Å². The molecule has 1 N–H and O–H groups in total. The van der Waals surface area contributed by atoms with Crippen LogP contribution in [0, 0.1) is 56.7 Å². The predicted molar refractivity (Wildman–Crippen MR) is 165 cm³/mol. The third kappa shape index (κ3) is 3.94. The molecule has 0 aromatic heterocycles. The number of carbonyl (C=O) groups is 2. The second kappa shape index (κ2) is 10.00. The number of aldehydes is 1. The maximum atomic E-state index is 12.9. The first-order chi connectivity index (χ1) is 20.9. The van der Waals surface area contributed by atoms with E-state index >= 15 is 0 Å². The second-order valence-electron chi connectivity index (χ2n) is 18.0. The van der Waals surface area contributed by atoms with Gasteiger partial charge >= 0.3 is 0 Å². The molecule has 7 unspecified atom stereocenters. The van der Waals surface area contributed by atoms with Gasteiger partial charge in [0.1, 0.15) is 6.29 Å². The Labute approximate surface area is 264 Å². The Morgan fingerprint density at radius 2 is 1.77 bits per heavy atom. The minimum atomic E-state index is -0.479. The number of fused-ring (bicyclic) bond motifs is 4. The van der Waals surface area contributed by atoms with Gasteiger partial charge in [0.05, 0.1) is 37.6 Å². The van der Waals surface area contributed by atoms with Gasteiger partial charge in [0.2, 0.25) is 5.91 Å². The van der Waals surface area contributed by atoms with Crippen molar-refractivity contribution in [2.75, 3.05) is 19.7 Å². The summed E-state index contributed by atoms with van der Waals surface area (Å²) in [6.07, 6.45) is 12.9. The van der Waals surface area contributed by atoms with Crippen LogP contribution >= 0.6 is 0 Å². The van der Waals surface area contributed by atoms with Crippen molar-refractivity contribution in [3.63, 3.8) is 0 Å². The Balaban J connectivity index is 1.01. The van der Waals surface area contributed by atoms with Crippen molar-refractivity contribution >= 4 is 12.2 Å². The number of nitrogens with zero attached hydrogens (tertiary/aromatic N) is 1. The molecule has 8 fully saturated rings. The molecule has 0 aromatic carbocycles. The highest BCUT2D eigenvalue weighted by Crippen LogP contribution is 2.89. The number of morpholine rings is 1. The van der Waals surface area contributed by atoms with Crippen molar-refractivity contribution < 1.29 is 28.9 Å². The molecular formula is C37H57NO6. The Kier molecular flexibility index (Phi) is 6.89. The first kappa shape index (κ1) is 30.3. The Morgan fingerprint density at radius 1 is 1.02 bits per heavy atom. The summed E-state index contributed by atoms with van der Waals surface area (Å²) >= 11 is 0. The molecule has 0 aromatic rings. The summed E-state index contributed by atoms with van der Waals surface area (Å²) in [4.78, 5) is 26.2. The van der Waals surface area contributed by atoms with Crippen molar-refractivity contribution in [2.24, 2.45) is 56.7 Å². The van der Waals surface area contributed by atoms with E-state index in [1.165, 1.54) is 51.4 Å². The highest BCUT2D eigenvalue weighted by Gasteiger charge is 2.84. The molecule has 44 heavy (non-hydrogen) atoms. The standard InChI is InChI=1S/C37H57NO6/c1-22-18-24(11-16-39)43-31-30(22)34(4)13-14-37-21-36(37)12-10-27(33(2,3)25(36)8-9-26(37)35(34,5)32(31)41)44-29-20-38(15-17-42-29)28(40)19-23-6-7-23/h16,22-27,29-32,41H,6-15,17-21H2,1-5H3/t22-,24?,25+,26?,27?,29+,30+,31?,32+,34?,35-,36?,37?/m1/s1. The van der Waals surface area contributed by atoms with Gasteiger partial charge in [-0.1, -0.05) is 34.6 Å². The predicted octanol–water partition coefficient (Wildman–Crippen LogP) is 5.76. The Hall–Kier alpha value is -1.02. The SMILES string of the molecule is C[C@@H]1CC(CC=O)OC2[C@H]1C1(C)CCC34CC35CCC(O[C@H]3CN(C(=O)CC6CC6)CCO3)C(C)(C)[C@@H]5CCC4[C@]1(C)[C@H]2O. The van der Waals surface area contributed by atoms with Crippen LogP contribution in [0.4, 0.5) is 0 Å². The molecule has 246 valence electrons. The van der Waals surface area contributed by atoms with Gasteiger partial charge < -0.3 is 29.0 Å². The van der Waals surface area contributed by atoms with Crippen LogP contribution in [-0.2, 0) is 23.8 Å². The first-order valence-electron chi connectivity index (χ1n) is 18.2. The molecule has 1 amide bonds. The van der Waals surface area contributed by atoms with E-state index in [1.807, 2.05) is 4.90 Å². The smallest absolute Gasteiger partial charge is 0.223 e. The summed E-state index contributed by atoms with van der Waals surface area (Å²) in [6, 6.07) is 0. The molecule has 13 atom stereocenters. The molecular weight excluding hydrogens is 554 g/mol. The zero-order valence-corrected chi connectivity index (χ0v) is 27.9. The summed E-state index contributed by atoms with van der Waals surface area (Å²) in [5.74, 6) is 2.78. The normalized spacial score (nSPS) is 53.9. The first-order valence-corrected chi connectivity index (χ1v) is 18.2. The van der Waals surface area contributed by atoms with Crippen molar-refractivity contribution in [3.05, 3.63) is 0 Å². The van der Waals surface area contributed by atoms with Crippen LogP contribution < -0.4 is 0 Å². The lowest BCUT2D eigenvalue weighted by atomic mass is 9.41. The van der Waals surface area contributed by atoms with Gasteiger partial charge in [0, 0.05) is 24.8 Å². The monoisotopic (exact) mass is 611 g/mol. The second-order valence-corrected chi connectivity index (χ2v) is 18.0. The number of carbonyl (C=O) groups excluding carboxylic acids is 2. The average molecular weight is 612 g/mol. The summed E-state index contributed by atoms with van der Waals surface area (Å²) in [7, 11) is 0. The zero-order valence-electron chi connectivity index (χ0n) is 27.9. The lowest BCUT2D eigenvalue weighted by Crippen LogP contribution is -2.60. The topological polar surface area (TPSA) is 85.3 Å². The van der Waals surface area contributed by atoms with E-state index in [4.69, 9.17) is 14.2 Å². The van der Waals surface area contributed by atoms with Crippen molar-refractivity contribution in [2.45, 2.75) is 142 Å². The lowest BCUT2D eigenvalue weighted by Gasteiger charge is -2.64. The molecule has 7 nitrogen and oxygen atoms in total. The van der Waals surface area contributed by atoms with Gasteiger partial charge in [0.15, 0.2) is 6.29 Å². The number of amides is 1. The average Bonchev–Trinajstić information content (AvgIpc) is 3.90. The number of rotatable bonds is 6. The highest BCUT2D eigenvalue weighted by atomic mass is 16.7. The highest BCUT2D eigenvalue weighted by molar-refractivity contribution is 5.76. The van der Waals surface area contributed by atoms with E-state index < -0.39 is 6.10 Å². The van der Waals surface area contributed by atoms with Gasteiger partial charge in [-0.05, 0) is 115 Å². The quantitative estimate of drug-likeness (QED) is 0.385. The van der Waals surface area contributed by atoms with Crippen LogP contribution in [0.2, 0.25) is 0 Å². The van der Waals surface area contributed by atoms with Crippen LogP contribution in [0.1, 0.15) is 112 Å². The van der Waals surface area contributed by atoms with Crippen LogP contribution in [0.3, 0.4) is 0 Å². The molecule has 7 heteroatoms. The molecule has 2 saturated heterocycles. The van der Waals surface area contributed by atoms with E-state index in [9.17, 15) is 14.7 Å².